The van der Waals surface area contributed by atoms with Crippen LogP contribution in [-0.2, 0) is 6.18 Å². The minimum absolute atomic E-state index is 0.150. The molecule has 0 aliphatic carbocycles. The molecule has 0 radical (unpaired) electrons. The standard InChI is InChI=1S/C20H18F3N5O2/c1-11-14(18(29)24-3)5-4-6-16(11)27-19(30)15-10-26-28(12(15)2)17-8-7-13(9-25-17)20(21,22)23/h4-10H,1-3H3,(H,24,29)(H,27,30). The third-order valence-corrected chi connectivity index (χ3v) is 4.60. The Morgan fingerprint density at radius 3 is 2.33 bits per heavy atom. The molecule has 156 valence electrons. The fourth-order valence-electron chi connectivity index (χ4n) is 2.88. The summed E-state index contributed by atoms with van der Waals surface area (Å²) < 4.78 is 39.4. The van der Waals surface area contributed by atoms with Crippen LogP contribution in [0.5, 0.6) is 0 Å². The predicted octanol–water partition coefficient (Wildman–Crippen LogP) is 3.51. The number of amides is 2. The van der Waals surface area contributed by atoms with Gasteiger partial charge in [-0.2, -0.15) is 18.3 Å². The van der Waals surface area contributed by atoms with E-state index in [-0.39, 0.29) is 17.3 Å². The predicted molar refractivity (Wildman–Crippen MR) is 104 cm³/mol. The van der Waals surface area contributed by atoms with Crippen molar-refractivity contribution in [1.82, 2.24) is 20.1 Å². The number of carbonyl (C=O) groups excluding carboxylic acids is 2. The Hall–Kier alpha value is -3.69. The van der Waals surface area contributed by atoms with Crippen LogP contribution in [0.25, 0.3) is 5.82 Å². The highest BCUT2D eigenvalue weighted by molar-refractivity contribution is 6.06. The van der Waals surface area contributed by atoms with Crippen LogP contribution >= 0.6 is 0 Å². The largest absolute Gasteiger partial charge is 0.417 e. The van der Waals surface area contributed by atoms with Crippen molar-refractivity contribution in [2.24, 2.45) is 0 Å². The van der Waals surface area contributed by atoms with Crippen LogP contribution in [0.2, 0.25) is 0 Å². The second-order valence-corrected chi connectivity index (χ2v) is 6.47. The van der Waals surface area contributed by atoms with Gasteiger partial charge in [-0.3, -0.25) is 9.59 Å². The summed E-state index contributed by atoms with van der Waals surface area (Å²) in [6, 6.07) is 7.04. The molecule has 0 spiro atoms. The minimum Gasteiger partial charge on any atom is -0.355 e. The van der Waals surface area contributed by atoms with E-state index >= 15 is 0 Å². The molecule has 2 heterocycles. The van der Waals surface area contributed by atoms with E-state index in [1.807, 2.05) is 0 Å². The quantitative estimate of drug-likeness (QED) is 0.680. The molecule has 0 aliphatic rings. The number of aromatic nitrogens is 3. The molecule has 0 saturated carbocycles. The van der Waals surface area contributed by atoms with Crippen molar-refractivity contribution < 1.29 is 22.8 Å². The molecular formula is C20H18F3N5O2. The van der Waals surface area contributed by atoms with Crippen LogP contribution in [0.3, 0.4) is 0 Å². The van der Waals surface area contributed by atoms with Crippen molar-refractivity contribution in [2.45, 2.75) is 20.0 Å². The minimum atomic E-state index is -4.49. The van der Waals surface area contributed by atoms with E-state index < -0.39 is 17.6 Å². The molecule has 2 N–H and O–H groups in total. The third kappa shape index (κ3) is 4.02. The van der Waals surface area contributed by atoms with Gasteiger partial charge in [-0.05, 0) is 43.7 Å². The van der Waals surface area contributed by atoms with Crippen LogP contribution in [0, 0.1) is 13.8 Å². The summed E-state index contributed by atoms with van der Waals surface area (Å²) in [6.45, 7) is 3.32. The van der Waals surface area contributed by atoms with Crippen LogP contribution in [0.15, 0.2) is 42.7 Å². The Bertz CT molecular complexity index is 1100. The number of anilines is 1. The van der Waals surface area contributed by atoms with Gasteiger partial charge in [0.05, 0.1) is 23.0 Å². The van der Waals surface area contributed by atoms with Crippen LogP contribution in [-0.4, -0.2) is 33.6 Å². The fraction of sp³-hybridized carbons (Fsp3) is 0.200. The van der Waals surface area contributed by atoms with Crippen molar-refractivity contribution in [3.8, 4) is 5.82 Å². The topological polar surface area (TPSA) is 88.9 Å². The average Bonchev–Trinajstić information content (AvgIpc) is 3.10. The number of halogens is 3. The van der Waals surface area contributed by atoms with Gasteiger partial charge >= 0.3 is 6.18 Å². The number of nitrogens with one attached hydrogen (secondary N) is 2. The zero-order valence-corrected chi connectivity index (χ0v) is 16.3. The number of rotatable bonds is 4. The Kier molecular flexibility index (Phi) is 5.59. The number of benzene rings is 1. The molecule has 0 saturated heterocycles. The molecule has 30 heavy (non-hydrogen) atoms. The van der Waals surface area contributed by atoms with Gasteiger partial charge in [0.2, 0.25) is 0 Å². The Labute approximate surface area is 169 Å². The first-order chi connectivity index (χ1) is 14.1. The van der Waals surface area contributed by atoms with E-state index in [0.29, 0.717) is 28.7 Å². The van der Waals surface area contributed by atoms with Gasteiger partial charge in [-0.25, -0.2) is 9.67 Å². The normalized spacial score (nSPS) is 11.3. The summed E-state index contributed by atoms with van der Waals surface area (Å²) in [5.41, 5.74) is 1.24. The lowest BCUT2D eigenvalue weighted by molar-refractivity contribution is -0.137. The summed E-state index contributed by atoms with van der Waals surface area (Å²) in [7, 11) is 1.51. The molecule has 2 aromatic heterocycles. The molecule has 0 fully saturated rings. The second kappa shape index (κ2) is 7.97. The van der Waals surface area contributed by atoms with Gasteiger partial charge in [-0.1, -0.05) is 6.07 Å². The monoisotopic (exact) mass is 417 g/mol. The highest BCUT2D eigenvalue weighted by Gasteiger charge is 2.31. The van der Waals surface area contributed by atoms with Crippen molar-refractivity contribution >= 4 is 17.5 Å². The van der Waals surface area contributed by atoms with E-state index in [9.17, 15) is 22.8 Å². The van der Waals surface area contributed by atoms with Gasteiger partial charge in [0, 0.05) is 24.5 Å². The summed E-state index contributed by atoms with van der Waals surface area (Å²) in [4.78, 5) is 28.5. The number of carbonyl (C=O) groups is 2. The summed E-state index contributed by atoms with van der Waals surface area (Å²) in [5.74, 6) is -0.596. The zero-order chi connectivity index (χ0) is 22.1. The SMILES string of the molecule is CNC(=O)c1cccc(NC(=O)c2cnn(-c3ccc(C(F)(F)F)cn3)c2C)c1C. The van der Waals surface area contributed by atoms with Gasteiger partial charge < -0.3 is 10.6 Å². The molecular weight excluding hydrogens is 399 g/mol. The lowest BCUT2D eigenvalue weighted by Crippen LogP contribution is -2.20. The van der Waals surface area contributed by atoms with Gasteiger partial charge in [0.25, 0.3) is 11.8 Å². The first kappa shape index (κ1) is 21.0. The molecule has 0 unspecified atom stereocenters. The zero-order valence-electron chi connectivity index (χ0n) is 16.3. The Morgan fingerprint density at radius 2 is 1.73 bits per heavy atom. The summed E-state index contributed by atoms with van der Waals surface area (Å²) >= 11 is 0. The number of hydrogen-bond donors (Lipinski definition) is 2. The van der Waals surface area contributed by atoms with Gasteiger partial charge in [0.1, 0.15) is 0 Å². The fourth-order valence-corrected chi connectivity index (χ4v) is 2.88. The highest BCUT2D eigenvalue weighted by atomic mass is 19.4. The third-order valence-electron chi connectivity index (χ3n) is 4.60. The average molecular weight is 417 g/mol. The number of nitrogens with zero attached hydrogens (tertiary/aromatic N) is 3. The van der Waals surface area contributed by atoms with Crippen molar-refractivity contribution in [3.05, 3.63) is 70.7 Å². The molecule has 2 amide bonds. The Morgan fingerprint density at radius 1 is 1.00 bits per heavy atom. The van der Waals surface area contributed by atoms with E-state index in [4.69, 9.17) is 0 Å². The lowest BCUT2D eigenvalue weighted by Gasteiger charge is -2.12. The van der Waals surface area contributed by atoms with Crippen LogP contribution < -0.4 is 10.6 Å². The number of hydrogen-bond acceptors (Lipinski definition) is 4. The van der Waals surface area contributed by atoms with Crippen molar-refractivity contribution in [2.75, 3.05) is 12.4 Å². The van der Waals surface area contributed by atoms with Crippen molar-refractivity contribution in [3.63, 3.8) is 0 Å². The number of alkyl halides is 3. The summed E-state index contributed by atoms with van der Waals surface area (Å²) in [6.07, 6.45) is -2.47. The van der Waals surface area contributed by atoms with E-state index in [2.05, 4.69) is 20.7 Å². The van der Waals surface area contributed by atoms with Crippen molar-refractivity contribution in [1.29, 1.82) is 0 Å². The lowest BCUT2D eigenvalue weighted by atomic mass is 10.1. The molecule has 0 bridgehead atoms. The van der Waals surface area contributed by atoms with Gasteiger partial charge in [-0.15, -0.1) is 0 Å². The van der Waals surface area contributed by atoms with Crippen LogP contribution in [0.1, 0.15) is 37.5 Å². The van der Waals surface area contributed by atoms with Gasteiger partial charge in [0.15, 0.2) is 5.82 Å². The van der Waals surface area contributed by atoms with E-state index in [1.165, 1.54) is 24.0 Å². The Balaban J connectivity index is 1.86. The molecule has 3 aromatic rings. The van der Waals surface area contributed by atoms with E-state index in [0.717, 1.165) is 6.07 Å². The summed E-state index contributed by atoms with van der Waals surface area (Å²) in [5, 5.41) is 9.34. The second-order valence-electron chi connectivity index (χ2n) is 6.47. The molecule has 10 heteroatoms. The smallest absolute Gasteiger partial charge is 0.355 e. The molecule has 3 rings (SSSR count). The first-order valence-corrected chi connectivity index (χ1v) is 8.84. The molecule has 1 aromatic carbocycles. The molecule has 7 nitrogen and oxygen atoms in total. The van der Waals surface area contributed by atoms with Crippen LogP contribution in [0.4, 0.5) is 18.9 Å². The first-order valence-electron chi connectivity index (χ1n) is 8.84. The number of pyridine rings is 1. The maximum atomic E-state index is 12.7. The van der Waals surface area contributed by atoms with E-state index in [1.54, 1.807) is 32.0 Å². The molecule has 0 aliphatic heterocycles. The highest BCUT2D eigenvalue weighted by Crippen LogP contribution is 2.29. The maximum Gasteiger partial charge on any atom is 0.417 e. The maximum absolute atomic E-state index is 12.7. The molecule has 0 atom stereocenters.